The summed E-state index contributed by atoms with van der Waals surface area (Å²) >= 11 is 0. The molecule has 0 saturated heterocycles. The Morgan fingerprint density at radius 1 is 1.41 bits per heavy atom. The van der Waals surface area contributed by atoms with E-state index in [0.717, 1.165) is 0 Å². The van der Waals surface area contributed by atoms with Crippen molar-refractivity contribution in [3.05, 3.63) is 35.6 Å². The maximum absolute atomic E-state index is 13.6. The Kier molecular flexibility index (Phi) is 2.95. The minimum Gasteiger partial charge on any atom is -0.368 e. The molecule has 1 aromatic heterocycles. The van der Waals surface area contributed by atoms with E-state index in [2.05, 4.69) is 15.2 Å². The lowest BCUT2D eigenvalue weighted by Crippen LogP contribution is -2.23. The summed E-state index contributed by atoms with van der Waals surface area (Å²) in [5, 5.41) is 6.49. The molecule has 2 rings (SSSR count). The van der Waals surface area contributed by atoms with Crippen LogP contribution in [-0.4, -0.2) is 22.2 Å². The number of nitrogens with two attached hydrogens (primary N) is 1. The first-order chi connectivity index (χ1) is 8.09. The quantitative estimate of drug-likeness (QED) is 0.849. The third kappa shape index (κ3) is 2.20. The maximum atomic E-state index is 13.6. The molecule has 6 heteroatoms. The van der Waals surface area contributed by atoms with Gasteiger partial charge in [-0.15, -0.1) is 5.10 Å². The van der Waals surface area contributed by atoms with Crippen LogP contribution in [0.15, 0.2) is 24.3 Å². The highest BCUT2D eigenvalue weighted by atomic mass is 19.1. The van der Waals surface area contributed by atoms with E-state index in [1.165, 1.54) is 6.07 Å². The molecule has 1 aromatic carbocycles. The number of halogens is 1. The zero-order chi connectivity index (χ0) is 12.4. The van der Waals surface area contributed by atoms with E-state index >= 15 is 0 Å². The smallest absolute Gasteiger partial charge is 0.246 e. The van der Waals surface area contributed by atoms with Crippen LogP contribution >= 0.6 is 0 Å². The van der Waals surface area contributed by atoms with Crippen molar-refractivity contribution in [2.45, 2.75) is 13.0 Å². The van der Waals surface area contributed by atoms with Crippen LogP contribution in [0.3, 0.4) is 0 Å². The molecule has 0 aliphatic rings. The van der Waals surface area contributed by atoms with Crippen LogP contribution in [-0.2, 0) is 0 Å². The van der Waals surface area contributed by atoms with Crippen LogP contribution in [0.2, 0.25) is 0 Å². The van der Waals surface area contributed by atoms with Gasteiger partial charge in [0.2, 0.25) is 11.9 Å². The van der Waals surface area contributed by atoms with Crippen molar-refractivity contribution in [1.29, 1.82) is 0 Å². The normalized spacial score (nSPS) is 12.4. The van der Waals surface area contributed by atoms with Crippen LogP contribution in [0, 0.1) is 5.82 Å². The van der Waals surface area contributed by atoms with Crippen LogP contribution in [0.25, 0.3) is 0 Å². The fraction of sp³-hybridized carbons (Fsp3) is 0.273. The molecule has 0 spiro atoms. The molecule has 0 saturated carbocycles. The molecule has 0 radical (unpaired) electrons. The molecule has 3 N–H and O–H groups in total. The number of aromatic amines is 1. The first kappa shape index (κ1) is 11.4. The minimum absolute atomic E-state index is 0.175. The van der Waals surface area contributed by atoms with E-state index in [4.69, 9.17) is 5.73 Å². The molecule has 17 heavy (non-hydrogen) atoms. The van der Waals surface area contributed by atoms with Gasteiger partial charge in [0, 0.05) is 12.6 Å². The molecular weight excluding hydrogens is 221 g/mol. The minimum atomic E-state index is -0.240. The number of anilines is 2. The SMILES string of the molecule is CC(c1ccccc1F)N(C)c1n[nH]c(N)n1. The molecule has 5 nitrogen and oxygen atoms in total. The predicted octanol–water partition coefficient (Wildman–Crippen LogP) is 1.72. The Morgan fingerprint density at radius 2 is 2.12 bits per heavy atom. The summed E-state index contributed by atoms with van der Waals surface area (Å²) < 4.78 is 13.6. The molecule has 0 aliphatic carbocycles. The molecule has 0 fully saturated rings. The molecule has 0 aliphatic heterocycles. The molecule has 1 atom stereocenters. The van der Waals surface area contributed by atoms with Gasteiger partial charge in [0.05, 0.1) is 6.04 Å². The van der Waals surface area contributed by atoms with Gasteiger partial charge < -0.3 is 10.6 Å². The van der Waals surface area contributed by atoms with Crippen molar-refractivity contribution in [3.8, 4) is 0 Å². The number of benzene rings is 1. The molecule has 0 bridgehead atoms. The van der Waals surface area contributed by atoms with Gasteiger partial charge in [-0.2, -0.15) is 4.98 Å². The Bertz CT molecular complexity index is 510. The summed E-state index contributed by atoms with van der Waals surface area (Å²) in [6.07, 6.45) is 0. The molecule has 2 aromatic rings. The van der Waals surface area contributed by atoms with Gasteiger partial charge in [-0.1, -0.05) is 18.2 Å². The van der Waals surface area contributed by atoms with Gasteiger partial charge in [0.1, 0.15) is 5.82 Å². The highest BCUT2D eigenvalue weighted by molar-refractivity contribution is 5.37. The number of hydrogen-bond acceptors (Lipinski definition) is 4. The highest BCUT2D eigenvalue weighted by Gasteiger charge is 2.18. The molecule has 1 unspecified atom stereocenters. The second-order valence-corrected chi connectivity index (χ2v) is 3.83. The van der Waals surface area contributed by atoms with Gasteiger partial charge in [-0.25, -0.2) is 9.49 Å². The van der Waals surface area contributed by atoms with Crippen LogP contribution in [0.4, 0.5) is 16.3 Å². The van der Waals surface area contributed by atoms with Gasteiger partial charge in [-0.3, -0.25) is 0 Å². The third-order valence-electron chi connectivity index (χ3n) is 2.74. The van der Waals surface area contributed by atoms with E-state index in [1.807, 2.05) is 6.92 Å². The highest BCUT2D eigenvalue weighted by Crippen LogP contribution is 2.24. The summed E-state index contributed by atoms with van der Waals surface area (Å²) in [4.78, 5) is 5.76. The largest absolute Gasteiger partial charge is 0.368 e. The zero-order valence-electron chi connectivity index (χ0n) is 9.68. The fourth-order valence-electron chi connectivity index (χ4n) is 1.62. The summed E-state index contributed by atoms with van der Waals surface area (Å²) in [5.41, 5.74) is 6.05. The number of nitrogens with one attached hydrogen (secondary N) is 1. The Hall–Kier alpha value is -2.11. The second-order valence-electron chi connectivity index (χ2n) is 3.83. The monoisotopic (exact) mass is 235 g/mol. The lowest BCUT2D eigenvalue weighted by molar-refractivity contribution is 0.582. The Labute approximate surface area is 98.5 Å². The van der Waals surface area contributed by atoms with E-state index < -0.39 is 0 Å². The van der Waals surface area contributed by atoms with Crippen molar-refractivity contribution in [2.24, 2.45) is 0 Å². The average molecular weight is 235 g/mol. The van der Waals surface area contributed by atoms with E-state index in [0.29, 0.717) is 11.5 Å². The van der Waals surface area contributed by atoms with E-state index in [-0.39, 0.29) is 17.8 Å². The van der Waals surface area contributed by atoms with Gasteiger partial charge in [-0.05, 0) is 13.0 Å². The van der Waals surface area contributed by atoms with E-state index in [9.17, 15) is 4.39 Å². The maximum Gasteiger partial charge on any atom is 0.246 e. The van der Waals surface area contributed by atoms with Crippen molar-refractivity contribution in [1.82, 2.24) is 15.2 Å². The molecule has 90 valence electrons. The van der Waals surface area contributed by atoms with Crippen molar-refractivity contribution in [3.63, 3.8) is 0 Å². The molecule has 1 heterocycles. The van der Waals surface area contributed by atoms with Gasteiger partial charge in [0.25, 0.3) is 0 Å². The summed E-state index contributed by atoms with van der Waals surface area (Å²) in [5.74, 6) is 0.446. The van der Waals surface area contributed by atoms with Crippen LogP contribution < -0.4 is 10.6 Å². The van der Waals surface area contributed by atoms with E-state index in [1.54, 1.807) is 30.1 Å². The second kappa shape index (κ2) is 4.40. The zero-order valence-corrected chi connectivity index (χ0v) is 9.68. The first-order valence-corrected chi connectivity index (χ1v) is 5.24. The molecular formula is C11H14FN5. The number of aromatic nitrogens is 3. The lowest BCUT2D eigenvalue weighted by Gasteiger charge is -2.24. The number of nitrogens with zero attached hydrogens (tertiary/aromatic N) is 3. The van der Waals surface area contributed by atoms with Crippen molar-refractivity contribution in [2.75, 3.05) is 17.7 Å². The number of hydrogen-bond donors (Lipinski definition) is 2. The number of rotatable bonds is 3. The van der Waals surface area contributed by atoms with Crippen molar-refractivity contribution >= 4 is 11.9 Å². The number of nitrogen functional groups attached to an aromatic ring is 1. The standard InChI is InChI=1S/C11H14FN5/c1-7(8-5-3-4-6-9(8)12)17(2)11-14-10(13)15-16-11/h3-7H,1-2H3,(H3,13,14,15,16). The Morgan fingerprint density at radius 3 is 2.71 bits per heavy atom. The lowest BCUT2D eigenvalue weighted by atomic mass is 10.1. The van der Waals surface area contributed by atoms with Crippen molar-refractivity contribution < 1.29 is 4.39 Å². The van der Waals surface area contributed by atoms with Gasteiger partial charge in [0.15, 0.2) is 0 Å². The molecule has 0 amide bonds. The summed E-state index contributed by atoms with van der Waals surface area (Å²) in [6.45, 7) is 1.88. The Balaban J connectivity index is 2.26. The number of H-pyrrole nitrogens is 1. The average Bonchev–Trinajstić information content (AvgIpc) is 2.75. The van der Waals surface area contributed by atoms with Gasteiger partial charge >= 0.3 is 0 Å². The van der Waals surface area contributed by atoms with Crippen LogP contribution in [0.5, 0.6) is 0 Å². The third-order valence-corrected chi connectivity index (χ3v) is 2.74. The van der Waals surface area contributed by atoms with Crippen LogP contribution in [0.1, 0.15) is 18.5 Å². The first-order valence-electron chi connectivity index (χ1n) is 5.24. The summed E-state index contributed by atoms with van der Waals surface area (Å²) in [7, 11) is 1.79. The predicted molar refractivity (Wildman–Crippen MR) is 64.0 cm³/mol. The summed E-state index contributed by atoms with van der Waals surface area (Å²) in [6, 6.07) is 6.47. The fourth-order valence-corrected chi connectivity index (χ4v) is 1.62. The topological polar surface area (TPSA) is 70.8 Å².